The Morgan fingerprint density at radius 3 is 2.53 bits per heavy atom. The quantitative estimate of drug-likeness (QED) is 0.774. The summed E-state index contributed by atoms with van der Waals surface area (Å²) >= 11 is 5.70. The van der Waals surface area contributed by atoms with Crippen LogP contribution in [0.15, 0.2) is 18.2 Å². The van der Waals surface area contributed by atoms with Crippen molar-refractivity contribution in [2.24, 2.45) is 5.92 Å². The molecule has 5 nitrogen and oxygen atoms in total. The standard InChI is InChI=1S/C13H16ClNO4/c1-3-7(2)11(13(18)19)15-12(17)8-4-5-10(16)9(14)6-8/h4-7,11,16H,3H2,1-2H3,(H,15,17)(H,18,19)/t7-,11-/m0/s1. The molecule has 2 atom stereocenters. The molecular formula is C13H16ClNO4. The van der Waals surface area contributed by atoms with Gasteiger partial charge in [0.2, 0.25) is 0 Å². The van der Waals surface area contributed by atoms with Crippen molar-refractivity contribution in [3.8, 4) is 5.75 Å². The highest BCUT2D eigenvalue weighted by atomic mass is 35.5. The molecule has 0 saturated heterocycles. The molecule has 0 aliphatic rings. The third kappa shape index (κ3) is 3.86. The van der Waals surface area contributed by atoms with Gasteiger partial charge in [0.1, 0.15) is 11.8 Å². The molecule has 1 aromatic rings. The van der Waals surface area contributed by atoms with Crippen molar-refractivity contribution >= 4 is 23.5 Å². The van der Waals surface area contributed by atoms with Crippen molar-refractivity contribution in [3.05, 3.63) is 28.8 Å². The molecule has 0 bridgehead atoms. The molecule has 1 amide bonds. The number of carboxylic acid groups (broad SMARTS) is 1. The summed E-state index contributed by atoms with van der Waals surface area (Å²) in [6.07, 6.45) is 0.633. The van der Waals surface area contributed by atoms with Crippen molar-refractivity contribution in [2.75, 3.05) is 0 Å². The number of phenols is 1. The maximum absolute atomic E-state index is 11.9. The summed E-state index contributed by atoms with van der Waals surface area (Å²) in [6.45, 7) is 3.60. The van der Waals surface area contributed by atoms with E-state index in [1.165, 1.54) is 18.2 Å². The molecule has 1 rings (SSSR count). The van der Waals surface area contributed by atoms with Crippen molar-refractivity contribution in [2.45, 2.75) is 26.3 Å². The number of benzene rings is 1. The number of hydrogen-bond donors (Lipinski definition) is 3. The fourth-order valence-corrected chi connectivity index (χ4v) is 1.74. The lowest BCUT2D eigenvalue weighted by Crippen LogP contribution is -2.45. The Hall–Kier alpha value is -1.75. The van der Waals surface area contributed by atoms with E-state index in [0.29, 0.717) is 6.42 Å². The Morgan fingerprint density at radius 2 is 2.05 bits per heavy atom. The Morgan fingerprint density at radius 1 is 1.42 bits per heavy atom. The first-order valence-electron chi connectivity index (χ1n) is 5.89. The van der Waals surface area contributed by atoms with Gasteiger partial charge in [0.15, 0.2) is 0 Å². The van der Waals surface area contributed by atoms with Gasteiger partial charge in [-0.1, -0.05) is 31.9 Å². The van der Waals surface area contributed by atoms with Gasteiger partial charge in [-0.05, 0) is 24.1 Å². The summed E-state index contributed by atoms with van der Waals surface area (Å²) in [5, 5.41) is 20.8. The number of carbonyl (C=O) groups excluding carboxylic acids is 1. The number of amides is 1. The predicted molar refractivity (Wildman–Crippen MR) is 71.5 cm³/mol. The van der Waals surface area contributed by atoms with E-state index in [1.807, 2.05) is 6.92 Å². The van der Waals surface area contributed by atoms with Crippen LogP contribution in [0.25, 0.3) is 0 Å². The van der Waals surface area contributed by atoms with Crippen LogP contribution in [0.4, 0.5) is 0 Å². The molecular weight excluding hydrogens is 270 g/mol. The highest BCUT2D eigenvalue weighted by Crippen LogP contribution is 2.23. The van der Waals surface area contributed by atoms with Gasteiger partial charge in [-0.2, -0.15) is 0 Å². The molecule has 3 N–H and O–H groups in total. The van der Waals surface area contributed by atoms with E-state index < -0.39 is 17.9 Å². The van der Waals surface area contributed by atoms with Crippen LogP contribution < -0.4 is 5.32 Å². The molecule has 0 heterocycles. The van der Waals surface area contributed by atoms with Crippen LogP contribution >= 0.6 is 11.6 Å². The molecule has 0 aliphatic heterocycles. The number of halogens is 1. The van der Waals surface area contributed by atoms with Gasteiger partial charge in [-0.3, -0.25) is 4.79 Å². The average Bonchev–Trinajstić information content (AvgIpc) is 2.37. The Bertz CT molecular complexity index is 490. The van der Waals surface area contributed by atoms with Crippen LogP contribution in [-0.4, -0.2) is 28.1 Å². The molecule has 0 saturated carbocycles. The van der Waals surface area contributed by atoms with Gasteiger partial charge >= 0.3 is 5.97 Å². The van der Waals surface area contributed by atoms with Crippen LogP contribution in [0.2, 0.25) is 5.02 Å². The van der Waals surface area contributed by atoms with E-state index in [4.69, 9.17) is 16.7 Å². The Kier molecular flexibility index (Phi) is 5.18. The van der Waals surface area contributed by atoms with E-state index in [-0.39, 0.29) is 22.3 Å². The highest BCUT2D eigenvalue weighted by molar-refractivity contribution is 6.32. The summed E-state index contributed by atoms with van der Waals surface area (Å²) in [5.74, 6) is -1.92. The molecule has 0 aromatic heterocycles. The van der Waals surface area contributed by atoms with Gasteiger partial charge in [-0.15, -0.1) is 0 Å². The van der Waals surface area contributed by atoms with E-state index in [1.54, 1.807) is 6.92 Å². The lowest BCUT2D eigenvalue weighted by Gasteiger charge is -2.20. The van der Waals surface area contributed by atoms with Gasteiger partial charge in [-0.25, -0.2) is 4.79 Å². The molecule has 0 fully saturated rings. The minimum Gasteiger partial charge on any atom is -0.506 e. The van der Waals surface area contributed by atoms with E-state index >= 15 is 0 Å². The fourth-order valence-electron chi connectivity index (χ4n) is 1.56. The van der Waals surface area contributed by atoms with Crippen LogP contribution in [-0.2, 0) is 4.79 Å². The van der Waals surface area contributed by atoms with E-state index in [0.717, 1.165) is 0 Å². The smallest absolute Gasteiger partial charge is 0.326 e. The summed E-state index contributed by atoms with van der Waals surface area (Å²) in [6, 6.07) is 3.01. The number of aromatic hydroxyl groups is 1. The number of aliphatic carboxylic acids is 1. The van der Waals surface area contributed by atoms with Gasteiger partial charge < -0.3 is 15.5 Å². The molecule has 19 heavy (non-hydrogen) atoms. The largest absolute Gasteiger partial charge is 0.506 e. The van der Waals surface area contributed by atoms with Gasteiger partial charge in [0, 0.05) is 5.56 Å². The normalized spacial score (nSPS) is 13.6. The minimum absolute atomic E-state index is 0.0445. The first kappa shape index (κ1) is 15.3. The first-order chi connectivity index (χ1) is 8.86. The molecule has 1 aromatic carbocycles. The van der Waals surface area contributed by atoms with Crippen LogP contribution in [0.3, 0.4) is 0 Å². The zero-order valence-electron chi connectivity index (χ0n) is 10.7. The zero-order valence-corrected chi connectivity index (χ0v) is 11.4. The topological polar surface area (TPSA) is 86.6 Å². The number of carboxylic acids is 1. The Balaban J connectivity index is 2.87. The lowest BCUT2D eigenvalue weighted by atomic mass is 9.99. The summed E-state index contributed by atoms with van der Waals surface area (Å²) in [5.41, 5.74) is 0.206. The molecule has 0 unspecified atom stereocenters. The molecule has 6 heteroatoms. The van der Waals surface area contributed by atoms with Crippen molar-refractivity contribution in [1.29, 1.82) is 0 Å². The van der Waals surface area contributed by atoms with Crippen molar-refractivity contribution < 1.29 is 19.8 Å². The van der Waals surface area contributed by atoms with Crippen LogP contribution in [0.5, 0.6) is 5.75 Å². The summed E-state index contributed by atoms with van der Waals surface area (Å²) < 4.78 is 0. The second kappa shape index (κ2) is 6.43. The average molecular weight is 286 g/mol. The fraction of sp³-hybridized carbons (Fsp3) is 0.385. The SMILES string of the molecule is CC[C@H](C)[C@H](NC(=O)c1ccc(O)c(Cl)c1)C(=O)O. The second-order valence-electron chi connectivity index (χ2n) is 4.34. The lowest BCUT2D eigenvalue weighted by molar-refractivity contribution is -0.140. The summed E-state index contributed by atoms with van der Waals surface area (Å²) in [7, 11) is 0. The van der Waals surface area contributed by atoms with Gasteiger partial charge in [0.05, 0.1) is 5.02 Å². The maximum Gasteiger partial charge on any atom is 0.326 e. The Labute approximate surface area is 116 Å². The van der Waals surface area contributed by atoms with E-state index in [9.17, 15) is 14.7 Å². The number of nitrogens with one attached hydrogen (secondary N) is 1. The minimum atomic E-state index is -1.08. The van der Waals surface area contributed by atoms with Crippen LogP contribution in [0, 0.1) is 5.92 Å². The first-order valence-corrected chi connectivity index (χ1v) is 6.26. The number of carbonyl (C=O) groups is 2. The molecule has 0 aliphatic carbocycles. The maximum atomic E-state index is 11.9. The van der Waals surface area contributed by atoms with Crippen molar-refractivity contribution in [1.82, 2.24) is 5.32 Å². The number of rotatable bonds is 5. The van der Waals surface area contributed by atoms with Crippen LogP contribution in [0.1, 0.15) is 30.6 Å². The third-order valence-corrected chi connectivity index (χ3v) is 3.28. The highest BCUT2D eigenvalue weighted by Gasteiger charge is 2.25. The second-order valence-corrected chi connectivity index (χ2v) is 4.75. The monoisotopic (exact) mass is 285 g/mol. The third-order valence-electron chi connectivity index (χ3n) is 2.98. The zero-order chi connectivity index (χ0) is 14.6. The predicted octanol–water partition coefficient (Wildman–Crippen LogP) is 2.27. The van der Waals surface area contributed by atoms with Crippen molar-refractivity contribution in [3.63, 3.8) is 0 Å². The molecule has 104 valence electrons. The molecule has 0 radical (unpaired) electrons. The number of hydrogen-bond acceptors (Lipinski definition) is 3. The van der Waals surface area contributed by atoms with E-state index in [2.05, 4.69) is 5.32 Å². The summed E-state index contributed by atoms with van der Waals surface area (Å²) in [4.78, 5) is 23.0. The molecule has 0 spiro atoms. The van der Waals surface area contributed by atoms with Gasteiger partial charge in [0.25, 0.3) is 5.91 Å². The number of phenolic OH excluding ortho intramolecular Hbond substituents is 1.